The van der Waals surface area contributed by atoms with Crippen molar-refractivity contribution in [2.45, 2.75) is 11.3 Å². The molecule has 0 spiro atoms. The highest BCUT2D eigenvalue weighted by atomic mass is 32.2. The largest absolute Gasteiger partial charge is 0.320 e. The van der Waals surface area contributed by atoms with Crippen LogP contribution in [0.1, 0.15) is 6.42 Å². The summed E-state index contributed by atoms with van der Waals surface area (Å²) in [4.78, 5) is -0.440. The maximum Gasteiger partial charge on any atom is 0.181 e. The normalized spacial score (nSPS) is 11.7. The van der Waals surface area contributed by atoms with Crippen LogP contribution in [0.4, 0.5) is 8.78 Å². The number of hydrogen-bond acceptors (Lipinski definition) is 3. The van der Waals surface area contributed by atoms with Crippen molar-refractivity contribution >= 4 is 9.84 Å². The summed E-state index contributed by atoms with van der Waals surface area (Å²) in [6.07, 6.45) is 0.385. The molecule has 0 unspecified atom stereocenters. The van der Waals surface area contributed by atoms with Crippen molar-refractivity contribution in [1.29, 1.82) is 0 Å². The first-order valence-electron chi connectivity index (χ1n) is 4.80. The van der Waals surface area contributed by atoms with E-state index in [1.807, 2.05) is 0 Å². The predicted molar refractivity (Wildman–Crippen MR) is 57.0 cm³/mol. The molecule has 6 heteroatoms. The molecule has 0 saturated heterocycles. The van der Waals surface area contributed by atoms with E-state index in [9.17, 15) is 17.2 Å². The number of hydrogen-bond donors (Lipinski definition) is 1. The molecule has 0 atom stereocenters. The minimum absolute atomic E-state index is 0.156. The van der Waals surface area contributed by atoms with Crippen LogP contribution in [0.3, 0.4) is 0 Å². The molecular weight excluding hydrogens is 236 g/mol. The Morgan fingerprint density at radius 1 is 1.31 bits per heavy atom. The van der Waals surface area contributed by atoms with Gasteiger partial charge in [0.15, 0.2) is 9.84 Å². The molecule has 0 heterocycles. The minimum atomic E-state index is -3.66. The standard InChI is InChI=1S/C10H13F2NO2S/c1-13-5-2-6-16(14,15)10-4-3-8(11)7-9(10)12/h3-4,7,13H,2,5-6H2,1H3. The molecule has 0 amide bonds. The molecule has 0 bridgehead atoms. The number of sulfone groups is 1. The van der Waals surface area contributed by atoms with Gasteiger partial charge in [0.25, 0.3) is 0 Å². The summed E-state index contributed by atoms with van der Waals surface area (Å²) < 4.78 is 49.1. The van der Waals surface area contributed by atoms with Gasteiger partial charge in [-0.05, 0) is 32.1 Å². The predicted octanol–water partition coefficient (Wildman–Crippen LogP) is 1.35. The lowest BCUT2D eigenvalue weighted by Crippen LogP contribution is -2.15. The molecule has 0 aromatic heterocycles. The molecule has 16 heavy (non-hydrogen) atoms. The van der Waals surface area contributed by atoms with Crippen LogP contribution in [0.15, 0.2) is 23.1 Å². The molecule has 1 aromatic rings. The van der Waals surface area contributed by atoms with Crippen molar-refractivity contribution in [1.82, 2.24) is 5.32 Å². The van der Waals surface area contributed by atoms with Crippen LogP contribution in [0, 0.1) is 11.6 Å². The number of halogens is 2. The zero-order valence-electron chi connectivity index (χ0n) is 8.83. The van der Waals surface area contributed by atoms with Gasteiger partial charge in [-0.1, -0.05) is 0 Å². The summed E-state index contributed by atoms with van der Waals surface area (Å²) in [6.45, 7) is 0.530. The summed E-state index contributed by atoms with van der Waals surface area (Å²) in [5, 5.41) is 2.80. The lowest BCUT2D eigenvalue weighted by molar-refractivity contribution is 0.548. The number of nitrogens with one attached hydrogen (secondary N) is 1. The molecule has 0 aliphatic rings. The molecule has 1 N–H and O–H groups in total. The SMILES string of the molecule is CNCCCS(=O)(=O)c1ccc(F)cc1F. The Hall–Kier alpha value is -1.01. The highest BCUT2D eigenvalue weighted by molar-refractivity contribution is 7.91. The summed E-state index contributed by atoms with van der Waals surface area (Å²) >= 11 is 0. The van der Waals surface area contributed by atoms with E-state index in [0.29, 0.717) is 19.0 Å². The smallest absolute Gasteiger partial charge is 0.181 e. The first kappa shape index (κ1) is 13.1. The first-order chi connectivity index (χ1) is 7.47. The van der Waals surface area contributed by atoms with E-state index in [2.05, 4.69) is 5.32 Å². The van der Waals surface area contributed by atoms with E-state index in [1.165, 1.54) is 0 Å². The fourth-order valence-corrected chi connectivity index (χ4v) is 2.65. The Morgan fingerprint density at radius 3 is 2.56 bits per heavy atom. The van der Waals surface area contributed by atoms with Crippen molar-refractivity contribution in [2.24, 2.45) is 0 Å². The zero-order valence-corrected chi connectivity index (χ0v) is 9.65. The van der Waals surface area contributed by atoms with Crippen LogP contribution in [0.2, 0.25) is 0 Å². The van der Waals surface area contributed by atoms with Crippen LogP contribution < -0.4 is 5.32 Å². The fourth-order valence-electron chi connectivity index (χ4n) is 1.28. The third kappa shape index (κ3) is 3.24. The van der Waals surface area contributed by atoms with Crippen LogP contribution in [-0.4, -0.2) is 27.8 Å². The van der Waals surface area contributed by atoms with Crippen molar-refractivity contribution in [3.63, 3.8) is 0 Å². The molecule has 90 valence electrons. The molecule has 0 fully saturated rings. The van der Waals surface area contributed by atoms with Gasteiger partial charge in [-0.25, -0.2) is 17.2 Å². The Bertz CT molecular complexity index is 460. The topological polar surface area (TPSA) is 46.2 Å². The molecule has 1 aromatic carbocycles. The van der Waals surface area contributed by atoms with Gasteiger partial charge in [0.1, 0.15) is 16.5 Å². The third-order valence-electron chi connectivity index (χ3n) is 2.07. The average Bonchev–Trinajstić information content (AvgIpc) is 2.17. The lowest BCUT2D eigenvalue weighted by atomic mass is 10.3. The van der Waals surface area contributed by atoms with Gasteiger partial charge in [-0.2, -0.15) is 0 Å². The molecule has 1 rings (SSSR count). The molecule has 0 aliphatic carbocycles. The fraction of sp³-hybridized carbons (Fsp3) is 0.400. The van der Waals surface area contributed by atoms with E-state index < -0.39 is 26.4 Å². The average molecular weight is 249 g/mol. The van der Waals surface area contributed by atoms with Crippen LogP contribution in [0.25, 0.3) is 0 Å². The van der Waals surface area contributed by atoms with Gasteiger partial charge in [0, 0.05) is 6.07 Å². The maximum atomic E-state index is 13.2. The molecule has 0 aliphatic heterocycles. The monoisotopic (exact) mass is 249 g/mol. The van der Waals surface area contributed by atoms with Crippen LogP contribution in [-0.2, 0) is 9.84 Å². The summed E-state index contributed by atoms with van der Waals surface area (Å²) in [6, 6.07) is 2.47. The zero-order chi connectivity index (χ0) is 12.2. The van der Waals surface area contributed by atoms with Gasteiger partial charge in [-0.3, -0.25) is 0 Å². The van der Waals surface area contributed by atoms with E-state index in [4.69, 9.17) is 0 Å². The third-order valence-corrected chi connectivity index (χ3v) is 3.90. The first-order valence-corrected chi connectivity index (χ1v) is 6.45. The summed E-state index contributed by atoms with van der Waals surface area (Å²) in [5.41, 5.74) is 0. The van der Waals surface area contributed by atoms with E-state index >= 15 is 0 Å². The molecular formula is C10H13F2NO2S. The Balaban J connectivity index is 2.90. The summed E-state index contributed by atoms with van der Waals surface area (Å²) in [5.74, 6) is -1.98. The van der Waals surface area contributed by atoms with Gasteiger partial charge in [0.05, 0.1) is 5.75 Å². The van der Waals surface area contributed by atoms with Crippen molar-refractivity contribution in [3.8, 4) is 0 Å². The molecule has 0 radical (unpaired) electrons. The van der Waals surface area contributed by atoms with Crippen molar-refractivity contribution in [2.75, 3.05) is 19.3 Å². The van der Waals surface area contributed by atoms with Crippen LogP contribution >= 0.6 is 0 Å². The van der Waals surface area contributed by atoms with Gasteiger partial charge in [0.2, 0.25) is 0 Å². The van der Waals surface area contributed by atoms with Crippen molar-refractivity contribution < 1.29 is 17.2 Å². The van der Waals surface area contributed by atoms with E-state index in [1.54, 1.807) is 7.05 Å². The molecule has 0 saturated carbocycles. The molecule has 3 nitrogen and oxygen atoms in total. The second-order valence-corrected chi connectivity index (χ2v) is 5.43. The highest BCUT2D eigenvalue weighted by Gasteiger charge is 2.18. The summed E-state index contributed by atoms with van der Waals surface area (Å²) in [7, 11) is -1.96. The van der Waals surface area contributed by atoms with E-state index in [-0.39, 0.29) is 5.75 Å². The highest BCUT2D eigenvalue weighted by Crippen LogP contribution is 2.17. The second kappa shape index (κ2) is 5.36. The van der Waals surface area contributed by atoms with Gasteiger partial charge in [-0.15, -0.1) is 0 Å². The number of rotatable bonds is 5. The Morgan fingerprint density at radius 2 is 2.00 bits per heavy atom. The lowest BCUT2D eigenvalue weighted by Gasteiger charge is -2.05. The van der Waals surface area contributed by atoms with Crippen molar-refractivity contribution in [3.05, 3.63) is 29.8 Å². The minimum Gasteiger partial charge on any atom is -0.320 e. The van der Waals surface area contributed by atoms with Gasteiger partial charge >= 0.3 is 0 Å². The Kier molecular flexibility index (Phi) is 4.37. The van der Waals surface area contributed by atoms with Crippen LogP contribution in [0.5, 0.6) is 0 Å². The second-order valence-electron chi connectivity index (χ2n) is 3.35. The quantitative estimate of drug-likeness (QED) is 0.633. The maximum absolute atomic E-state index is 13.2. The van der Waals surface area contributed by atoms with E-state index in [0.717, 1.165) is 12.1 Å². The van der Waals surface area contributed by atoms with Gasteiger partial charge < -0.3 is 5.32 Å². The number of benzene rings is 1. The Labute approximate surface area is 93.4 Å².